The number of nitrogens with one attached hydrogen (secondary N) is 2. The highest BCUT2D eigenvalue weighted by atomic mass is 32.2. The lowest BCUT2D eigenvalue weighted by molar-refractivity contribution is 0.627. The van der Waals surface area contributed by atoms with Gasteiger partial charge in [-0.1, -0.05) is 0 Å². The van der Waals surface area contributed by atoms with Gasteiger partial charge in [-0.05, 0) is 12.2 Å². The number of aromatic amines is 1. The van der Waals surface area contributed by atoms with Crippen LogP contribution in [0.5, 0.6) is 0 Å². The second-order valence-corrected chi connectivity index (χ2v) is 5.18. The number of hydrogen-bond acceptors (Lipinski definition) is 3. The van der Waals surface area contributed by atoms with Crippen molar-refractivity contribution in [1.29, 1.82) is 0 Å². The molecule has 3 heterocycles. The lowest BCUT2D eigenvalue weighted by atomic mass is 10.1. The van der Waals surface area contributed by atoms with Gasteiger partial charge in [0.05, 0.1) is 11.4 Å². The normalized spacial score (nSPS) is 26.4. The zero-order chi connectivity index (χ0) is 9.38. The zero-order valence-electron chi connectivity index (χ0n) is 8.18. The van der Waals surface area contributed by atoms with Gasteiger partial charge in [0.1, 0.15) is 5.82 Å². The summed E-state index contributed by atoms with van der Waals surface area (Å²) in [4.78, 5) is 8.21. The maximum Gasteiger partial charge on any atom is 0.110 e. The van der Waals surface area contributed by atoms with E-state index in [0.29, 0.717) is 5.92 Å². The van der Waals surface area contributed by atoms with Crippen molar-refractivity contribution in [3.8, 4) is 0 Å². The minimum Gasteiger partial charge on any atom is -0.344 e. The van der Waals surface area contributed by atoms with Crippen LogP contribution in [-0.2, 0) is 13.0 Å². The van der Waals surface area contributed by atoms with Crippen molar-refractivity contribution in [1.82, 2.24) is 15.3 Å². The van der Waals surface area contributed by atoms with Crippen LogP contribution in [0.25, 0.3) is 0 Å². The first-order valence-electron chi connectivity index (χ1n) is 5.29. The van der Waals surface area contributed by atoms with Gasteiger partial charge in [0.25, 0.3) is 0 Å². The van der Waals surface area contributed by atoms with Gasteiger partial charge in [0, 0.05) is 31.2 Å². The van der Waals surface area contributed by atoms with Crippen molar-refractivity contribution in [3.05, 3.63) is 17.2 Å². The molecule has 0 aliphatic carbocycles. The number of H-pyrrole nitrogens is 1. The number of thioether (sulfide) groups is 1. The summed E-state index contributed by atoms with van der Waals surface area (Å²) in [5.74, 6) is 4.47. The monoisotopic (exact) mass is 209 g/mol. The largest absolute Gasteiger partial charge is 0.344 e. The Labute approximate surface area is 88.1 Å². The first-order chi connectivity index (χ1) is 6.93. The molecule has 1 aromatic rings. The molecule has 1 aromatic heterocycles. The zero-order valence-corrected chi connectivity index (χ0v) is 8.99. The average molecular weight is 209 g/mol. The minimum atomic E-state index is 0.686. The first kappa shape index (κ1) is 8.80. The van der Waals surface area contributed by atoms with E-state index in [1.807, 2.05) is 11.8 Å². The van der Waals surface area contributed by atoms with Crippen molar-refractivity contribution in [2.24, 2.45) is 0 Å². The third kappa shape index (κ3) is 1.46. The number of imidazole rings is 1. The highest BCUT2D eigenvalue weighted by Gasteiger charge is 2.23. The number of fused-ring (bicyclic) bond motifs is 1. The van der Waals surface area contributed by atoms with Gasteiger partial charge in [0.15, 0.2) is 0 Å². The Kier molecular flexibility index (Phi) is 2.25. The van der Waals surface area contributed by atoms with Crippen LogP contribution >= 0.6 is 11.8 Å². The molecule has 0 bridgehead atoms. The maximum atomic E-state index is 4.72. The molecule has 2 aliphatic rings. The maximum absolute atomic E-state index is 4.72. The van der Waals surface area contributed by atoms with E-state index in [-0.39, 0.29) is 0 Å². The summed E-state index contributed by atoms with van der Waals surface area (Å²) in [6, 6.07) is 0. The fourth-order valence-electron chi connectivity index (χ4n) is 2.18. The first-order valence-corrected chi connectivity index (χ1v) is 6.45. The van der Waals surface area contributed by atoms with Crippen LogP contribution in [-0.4, -0.2) is 28.0 Å². The fraction of sp³-hybridized carbons (Fsp3) is 0.700. The van der Waals surface area contributed by atoms with Crippen LogP contribution in [0.15, 0.2) is 0 Å². The molecule has 0 saturated carbocycles. The van der Waals surface area contributed by atoms with Crippen molar-refractivity contribution < 1.29 is 0 Å². The molecule has 0 spiro atoms. The van der Waals surface area contributed by atoms with E-state index in [1.54, 1.807) is 0 Å². The highest BCUT2D eigenvalue weighted by molar-refractivity contribution is 7.99. The highest BCUT2D eigenvalue weighted by Crippen LogP contribution is 2.31. The topological polar surface area (TPSA) is 40.7 Å². The summed E-state index contributed by atoms with van der Waals surface area (Å²) in [5.41, 5.74) is 2.62. The number of rotatable bonds is 1. The van der Waals surface area contributed by atoms with E-state index in [1.165, 1.54) is 35.1 Å². The van der Waals surface area contributed by atoms with E-state index < -0.39 is 0 Å². The molecule has 1 atom stereocenters. The smallest absolute Gasteiger partial charge is 0.110 e. The molecule has 1 saturated heterocycles. The molecule has 0 amide bonds. The molecular weight excluding hydrogens is 194 g/mol. The Morgan fingerprint density at radius 1 is 1.43 bits per heavy atom. The quantitative estimate of drug-likeness (QED) is 0.732. The summed E-state index contributed by atoms with van der Waals surface area (Å²) < 4.78 is 0. The molecule has 2 N–H and O–H groups in total. The second-order valence-electron chi connectivity index (χ2n) is 4.03. The number of nitrogens with zero attached hydrogens (tertiary/aromatic N) is 1. The molecule has 0 radical (unpaired) electrons. The van der Waals surface area contributed by atoms with Crippen molar-refractivity contribution >= 4 is 11.8 Å². The molecule has 4 heteroatoms. The van der Waals surface area contributed by atoms with Crippen molar-refractivity contribution in [2.75, 3.05) is 18.1 Å². The third-order valence-corrected chi connectivity index (χ3v) is 4.20. The van der Waals surface area contributed by atoms with Gasteiger partial charge in [-0.15, -0.1) is 0 Å². The summed E-state index contributed by atoms with van der Waals surface area (Å²) >= 11 is 2.05. The van der Waals surface area contributed by atoms with Crippen LogP contribution in [0.3, 0.4) is 0 Å². The van der Waals surface area contributed by atoms with Gasteiger partial charge < -0.3 is 10.3 Å². The molecule has 3 rings (SSSR count). The molecule has 1 unspecified atom stereocenters. The Balaban J connectivity index is 1.87. The second kappa shape index (κ2) is 3.59. The number of hydrogen-bond donors (Lipinski definition) is 2. The van der Waals surface area contributed by atoms with Crippen LogP contribution in [0.4, 0.5) is 0 Å². The average Bonchev–Trinajstić information content (AvgIpc) is 2.86. The minimum absolute atomic E-state index is 0.686. The molecule has 1 fully saturated rings. The predicted octanol–water partition coefficient (Wildman–Crippen LogP) is 1.28. The van der Waals surface area contributed by atoms with E-state index in [4.69, 9.17) is 4.98 Å². The number of aromatic nitrogens is 2. The van der Waals surface area contributed by atoms with E-state index >= 15 is 0 Å². The summed E-state index contributed by atoms with van der Waals surface area (Å²) in [7, 11) is 0. The third-order valence-electron chi connectivity index (χ3n) is 3.04. The SMILES string of the molecule is C1Cc2nc(C3CCSC3)[nH]c2CN1. The summed E-state index contributed by atoms with van der Waals surface area (Å²) in [5, 5.41) is 3.37. The molecular formula is C10H15N3S. The van der Waals surface area contributed by atoms with Gasteiger partial charge >= 0.3 is 0 Å². The lowest BCUT2D eigenvalue weighted by Gasteiger charge is -2.09. The lowest BCUT2D eigenvalue weighted by Crippen LogP contribution is -2.23. The van der Waals surface area contributed by atoms with Gasteiger partial charge in [-0.3, -0.25) is 0 Å². The van der Waals surface area contributed by atoms with Crippen molar-refractivity contribution in [3.63, 3.8) is 0 Å². The Bertz CT molecular complexity index is 305. The van der Waals surface area contributed by atoms with Crippen LogP contribution in [0, 0.1) is 0 Å². The molecule has 3 nitrogen and oxygen atoms in total. The van der Waals surface area contributed by atoms with Crippen LogP contribution < -0.4 is 5.32 Å². The van der Waals surface area contributed by atoms with Gasteiger partial charge in [0.2, 0.25) is 0 Å². The summed E-state index contributed by atoms with van der Waals surface area (Å²) in [6.07, 6.45) is 2.39. The van der Waals surface area contributed by atoms with Gasteiger partial charge in [-0.2, -0.15) is 11.8 Å². The van der Waals surface area contributed by atoms with E-state index in [0.717, 1.165) is 19.5 Å². The Hall–Kier alpha value is -0.480. The Morgan fingerprint density at radius 3 is 3.21 bits per heavy atom. The predicted molar refractivity (Wildman–Crippen MR) is 58.7 cm³/mol. The van der Waals surface area contributed by atoms with E-state index in [2.05, 4.69) is 10.3 Å². The molecule has 76 valence electrons. The Morgan fingerprint density at radius 2 is 2.43 bits per heavy atom. The van der Waals surface area contributed by atoms with E-state index in [9.17, 15) is 0 Å². The standard InChI is InChI=1S/C10H15N3S/c1-3-11-5-9-8(1)12-10(13-9)7-2-4-14-6-7/h7,11H,1-6H2,(H,12,13). The molecule has 2 aliphatic heterocycles. The van der Waals surface area contributed by atoms with Crippen LogP contribution in [0.2, 0.25) is 0 Å². The molecule has 14 heavy (non-hydrogen) atoms. The van der Waals surface area contributed by atoms with Crippen molar-refractivity contribution in [2.45, 2.75) is 25.3 Å². The molecule has 0 aromatic carbocycles. The summed E-state index contributed by atoms with van der Waals surface area (Å²) in [6.45, 7) is 2.05. The van der Waals surface area contributed by atoms with Gasteiger partial charge in [-0.25, -0.2) is 4.98 Å². The fourth-order valence-corrected chi connectivity index (χ4v) is 3.41. The van der Waals surface area contributed by atoms with Crippen LogP contribution in [0.1, 0.15) is 29.6 Å².